The average molecular weight is 319 g/mol. The molecular weight excluding hydrogens is 314 g/mol. The Kier molecular flexibility index (Phi) is 2.81. The molecule has 0 N–H and O–H groups in total. The Morgan fingerprint density at radius 2 is 2.00 bits per heavy atom. The summed E-state index contributed by atoms with van der Waals surface area (Å²) in [7, 11) is 0. The predicted molar refractivity (Wildman–Crippen MR) is 63.0 cm³/mol. The molecule has 66 valence electrons. The monoisotopic (exact) mass is 317 g/mol. The molecule has 2 aromatic rings. The third-order valence-electron chi connectivity index (χ3n) is 1.64. The Morgan fingerprint density at radius 3 is 2.62 bits per heavy atom. The van der Waals surface area contributed by atoms with E-state index in [-0.39, 0.29) is 0 Å². The highest BCUT2D eigenvalue weighted by molar-refractivity contribution is 9.13. The summed E-state index contributed by atoms with van der Waals surface area (Å²) in [4.78, 5) is 5.23. The van der Waals surface area contributed by atoms with Gasteiger partial charge < -0.3 is 0 Å². The molecule has 1 aromatic heterocycles. The normalized spacial score (nSPS) is 10.3. The fourth-order valence-electron chi connectivity index (χ4n) is 1.01. The van der Waals surface area contributed by atoms with E-state index < -0.39 is 0 Å². The largest absolute Gasteiger partial charge is 0.252 e. The molecule has 0 saturated carbocycles. The van der Waals surface area contributed by atoms with Crippen LogP contribution in [0.25, 0.3) is 10.4 Å². The van der Waals surface area contributed by atoms with Crippen molar-refractivity contribution in [2.45, 2.75) is 0 Å². The summed E-state index contributed by atoms with van der Waals surface area (Å²) in [6.07, 6.45) is 1.88. The number of aromatic nitrogens is 1. The third-order valence-corrected chi connectivity index (χ3v) is 4.34. The van der Waals surface area contributed by atoms with Crippen molar-refractivity contribution in [3.8, 4) is 10.4 Å². The summed E-state index contributed by atoms with van der Waals surface area (Å²) in [6, 6.07) is 6.18. The smallest absolute Gasteiger partial charge is 0.0797 e. The van der Waals surface area contributed by atoms with Gasteiger partial charge in [-0.15, -0.1) is 11.3 Å². The maximum absolute atomic E-state index is 4.04. The fourth-order valence-corrected chi connectivity index (χ4v) is 2.25. The predicted octanol–water partition coefficient (Wildman–Crippen LogP) is 4.34. The van der Waals surface area contributed by atoms with Crippen molar-refractivity contribution in [3.63, 3.8) is 0 Å². The summed E-state index contributed by atoms with van der Waals surface area (Å²) in [5, 5.41) is 0. The second-order valence-corrected chi connectivity index (χ2v) is 5.09. The molecule has 0 aliphatic carbocycles. The molecule has 0 bridgehead atoms. The lowest BCUT2D eigenvalue weighted by atomic mass is 10.2. The molecule has 0 spiro atoms. The van der Waals surface area contributed by atoms with Crippen molar-refractivity contribution in [3.05, 3.63) is 38.9 Å². The van der Waals surface area contributed by atoms with E-state index >= 15 is 0 Å². The van der Waals surface area contributed by atoms with Crippen LogP contribution in [0, 0.1) is 0 Å². The standard InChI is InChI=1S/C9H5Br2NS/c10-7-2-1-6(3-8(7)11)9-4-12-5-13-9/h1-5H. The summed E-state index contributed by atoms with van der Waals surface area (Å²) in [6.45, 7) is 0. The second-order valence-electron chi connectivity index (χ2n) is 2.49. The van der Waals surface area contributed by atoms with Crippen LogP contribution in [0.1, 0.15) is 0 Å². The van der Waals surface area contributed by atoms with Crippen molar-refractivity contribution >= 4 is 43.2 Å². The van der Waals surface area contributed by atoms with E-state index in [1.165, 1.54) is 10.4 Å². The van der Waals surface area contributed by atoms with Crippen LogP contribution in [0.5, 0.6) is 0 Å². The molecule has 0 aliphatic heterocycles. The zero-order valence-corrected chi connectivity index (χ0v) is 10.5. The highest BCUT2D eigenvalue weighted by Gasteiger charge is 2.01. The first kappa shape index (κ1) is 9.37. The van der Waals surface area contributed by atoms with Crippen LogP contribution >= 0.6 is 43.2 Å². The number of nitrogens with zero attached hydrogens (tertiary/aromatic N) is 1. The Balaban J connectivity index is 2.49. The van der Waals surface area contributed by atoms with Gasteiger partial charge in [-0.05, 0) is 49.6 Å². The van der Waals surface area contributed by atoms with Gasteiger partial charge in [0.1, 0.15) is 0 Å². The highest BCUT2D eigenvalue weighted by Crippen LogP contribution is 2.30. The minimum atomic E-state index is 1.07. The minimum Gasteiger partial charge on any atom is -0.252 e. The minimum absolute atomic E-state index is 1.07. The zero-order chi connectivity index (χ0) is 9.26. The van der Waals surface area contributed by atoms with E-state index in [9.17, 15) is 0 Å². The van der Waals surface area contributed by atoms with E-state index in [1.807, 2.05) is 17.8 Å². The lowest BCUT2D eigenvalue weighted by Gasteiger charge is -1.99. The Labute approximate surface area is 97.1 Å². The van der Waals surface area contributed by atoms with Gasteiger partial charge in [0.2, 0.25) is 0 Å². The zero-order valence-electron chi connectivity index (χ0n) is 6.50. The number of rotatable bonds is 1. The summed E-state index contributed by atoms with van der Waals surface area (Å²) >= 11 is 8.55. The van der Waals surface area contributed by atoms with Crippen molar-refractivity contribution < 1.29 is 0 Å². The first-order chi connectivity index (χ1) is 6.27. The second kappa shape index (κ2) is 3.90. The van der Waals surface area contributed by atoms with Gasteiger partial charge in [0, 0.05) is 15.1 Å². The number of thiazole rings is 1. The molecule has 13 heavy (non-hydrogen) atoms. The molecule has 0 amide bonds. The van der Waals surface area contributed by atoms with Gasteiger partial charge in [0.05, 0.1) is 10.4 Å². The molecule has 0 saturated heterocycles. The van der Waals surface area contributed by atoms with Crippen LogP contribution in [0.4, 0.5) is 0 Å². The Bertz CT molecular complexity index is 412. The van der Waals surface area contributed by atoms with Gasteiger partial charge in [0.15, 0.2) is 0 Å². The molecule has 1 aromatic carbocycles. The van der Waals surface area contributed by atoms with E-state index in [4.69, 9.17) is 0 Å². The van der Waals surface area contributed by atoms with Crippen molar-refractivity contribution in [2.75, 3.05) is 0 Å². The van der Waals surface area contributed by atoms with E-state index in [1.54, 1.807) is 11.3 Å². The number of hydrogen-bond acceptors (Lipinski definition) is 2. The van der Waals surface area contributed by atoms with Crippen LogP contribution in [-0.2, 0) is 0 Å². The number of hydrogen-bond donors (Lipinski definition) is 0. The quantitative estimate of drug-likeness (QED) is 0.762. The van der Waals surface area contributed by atoms with Gasteiger partial charge >= 0.3 is 0 Å². The van der Waals surface area contributed by atoms with Crippen LogP contribution in [0.2, 0.25) is 0 Å². The molecule has 0 fully saturated rings. The average Bonchev–Trinajstić information content (AvgIpc) is 2.62. The van der Waals surface area contributed by atoms with Crippen LogP contribution in [0.3, 0.4) is 0 Å². The van der Waals surface area contributed by atoms with Crippen molar-refractivity contribution in [2.24, 2.45) is 0 Å². The van der Waals surface area contributed by atoms with Crippen molar-refractivity contribution in [1.29, 1.82) is 0 Å². The fraction of sp³-hybridized carbons (Fsp3) is 0. The van der Waals surface area contributed by atoms with Crippen molar-refractivity contribution in [1.82, 2.24) is 4.98 Å². The first-order valence-corrected chi connectivity index (χ1v) is 6.08. The summed E-state index contributed by atoms with van der Waals surface area (Å²) in [5.41, 5.74) is 3.03. The Morgan fingerprint density at radius 1 is 1.15 bits per heavy atom. The van der Waals surface area contributed by atoms with E-state index in [0.717, 1.165) is 8.95 Å². The van der Waals surface area contributed by atoms with E-state index in [0.29, 0.717) is 0 Å². The lowest BCUT2D eigenvalue weighted by molar-refractivity contribution is 1.42. The van der Waals surface area contributed by atoms with Crippen LogP contribution in [-0.4, -0.2) is 4.98 Å². The molecule has 0 aliphatic rings. The number of benzene rings is 1. The Hall–Kier alpha value is -0.190. The maximum atomic E-state index is 4.04. The molecule has 4 heteroatoms. The molecule has 0 atom stereocenters. The van der Waals surface area contributed by atoms with Gasteiger partial charge in [0.25, 0.3) is 0 Å². The molecule has 0 unspecified atom stereocenters. The molecule has 1 nitrogen and oxygen atoms in total. The number of halogens is 2. The van der Waals surface area contributed by atoms with Crippen LogP contribution < -0.4 is 0 Å². The topological polar surface area (TPSA) is 12.9 Å². The summed E-state index contributed by atoms with van der Waals surface area (Å²) in [5.74, 6) is 0. The highest BCUT2D eigenvalue weighted by atomic mass is 79.9. The summed E-state index contributed by atoms with van der Waals surface area (Å²) < 4.78 is 2.14. The van der Waals surface area contributed by atoms with Gasteiger partial charge in [-0.2, -0.15) is 0 Å². The van der Waals surface area contributed by atoms with Gasteiger partial charge in [-0.3, -0.25) is 4.98 Å². The van der Waals surface area contributed by atoms with Crippen LogP contribution in [0.15, 0.2) is 38.9 Å². The van der Waals surface area contributed by atoms with E-state index in [2.05, 4.69) is 49.0 Å². The molecule has 2 rings (SSSR count). The molecular formula is C9H5Br2NS. The molecule has 1 heterocycles. The maximum Gasteiger partial charge on any atom is 0.0797 e. The first-order valence-electron chi connectivity index (χ1n) is 3.61. The molecule has 0 radical (unpaired) electrons. The lowest BCUT2D eigenvalue weighted by Crippen LogP contribution is -1.74. The SMILES string of the molecule is Brc1ccc(-c2cncs2)cc1Br. The van der Waals surface area contributed by atoms with Gasteiger partial charge in [-0.25, -0.2) is 0 Å². The van der Waals surface area contributed by atoms with Gasteiger partial charge in [-0.1, -0.05) is 6.07 Å². The third kappa shape index (κ3) is 2.00.